The zero-order valence-electron chi connectivity index (χ0n) is 11.6. The second-order valence-corrected chi connectivity index (χ2v) is 4.15. The topological polar surface area (TPSA) is 38.3 Å². The molecule has 1 amide bonds. The van der Waals surface area contributed by atoms with Crippen LogP contribution in [-0.2, 0) is 9.53 Å². The molecule has 100 valence electrons. The van der Waals surface area contributed by atoms with Crippen LogP contribution in [0.3, 0.4) is 0 Å². The van der Waals surface area contributed by atoms with Crippen LogP contribution in [0.4, 0.5) is 5.69 Å². The average molecular weight is 257 g/mol. The Morgan fingerprint density at radius 1 is 1.26 bits per heavy atom. The summed E-state index contributed by atoms with van der Waals surface area (Å²) in [5, 5.41) is 2.83. The fraction of sp³-hybridized carbons (Fsp3) is 0.188. The number of ether oxygens (including phenoxy) is 1. The van der Waals surface area contributed by atoms with E-state index in [1.807, 2.05) is 31.2 Å². The molecular formula is C16H19NO2. The van der Waals surface area contributed by atoms with E-state index in [0.29, 0.717) is 11.3 Å². The summed E-state index contributed by atoms with van der Waals surface area (Å²) in [4.78, 5) is 11.9. The molecule has 0 aliphatic rings. The Morgan fingerprint density at radius 3 is 2.42 bits per heavy atom. The van der Waals surface area contributed by atoms with Gasteiger partial charge in [-0.1, -0.05) is 30.4 Å². The first-order chi connectivity index (χ1) is 9.06. The number of allylic oxidation sites excluding steroid dienone is 3. The van der Waals surface area contributed by atoms with E-state index in [2.05, 4.69) is 11.9 Å². The molecule has 0 fully saturated rings. The minimum atomic E-state index is -0.139. The van der Waals surface area contributed by atoms with E-state index in [1.54, 1.807) is 32.3 Å². The summed E-state index contributed by atoms with van der Waals surface area (Å²) < 4.78 is 5.03. The lowest BCUT2D eigenvalue weighted by molar-refractivity contribution is -0.112. The third kappa shape index (κ3) is 4.84. The molecule has 0 aromatic heterocycles. The van der Waals surface area contributed by atoms with Crippen LogP contribution in [0.2, 0.25) is 0 Å². The largest absolute Gasteiger partial charge is 0.497 e. The first-order valence-electron chi connectivity index (χ1n) is 6.00. The van der Waals surface area contributed by atoms with Gasteiger partial charge in [-0.3, -0.25) is 4.79 Å². The van der Waals surface area contributed by atoms with Crippen molar-refractivity contribution in [3.63, 3.8) is 0 Å². The molecule has 19 heavy (non-hydrogen) atoms. The summed E-state index contributed by atoms with van der Waals surface area (Å²) in [6.45, 7) is 7.36. The standard InChI is InChI=1S/C16H19NO2/c1-5-15(19-4)11-8-13(3)16(18)17-14-9-6-12(2)7-10-14/h5-11H,1H2,2-4H3,(H,17,18)/b13-8+,15-11+. The van der Waals surface area contributed by atoms with Crippen LogP contribution in [0.25, 0.3) is 0 Å². The maximum atomic E-state index is 11.9. The van der Waals surface area contributed by atoms with Gasteiger partial charge < -0.3 is 10.1 Å². The zero-order valence-corrected chi connectivity index (χ0v) is 11.6. The van der Waals surface area contributed by atoms with E-state index in [0.717, 1.165) is 11.3 Å². The summed E-state index contributed by atoms with van der Waals surface area (Å²) >= 11 is 0. The second kappa shape index (κ2) is 7.21. The highest BCUT2D eigenvalue weighted by Crippen LogP contribution is 2.10. The second-order valence-electron chi connectivity index (χ2n) is 4.15. The molecule has 0 atom stereocenters. The predicted octanol–water partition coefficient (Wildman–Crippen LogP) is 3.60. The van der Waals surface area contributed by atoms with Crippen molar-refractivity contribution < 1.29 is 9.53 Å². The van der Waals surface area contributed by atoms with Gasteiger partial charge in [-0.05, 0) is 38.1 Å². The van der Waals surface area contributed by atoms with Gasteiger partial charge in [0.1, 0.15) is 5.76 Å². The normalized spacial score (nSPS) is 11.9. The molecule has 0 unspecified atom stereocenters. The molecule has 1 aromatic rings. The summed E-state index contributed by atoms with van der Waals surface area (Å²) in [6, 6.07) is 7.66. The van der Waals surface area contributed by atoms with Crippen molar-refractivity contribution in [2.24, 2.45) is 0 Å². The van der Waals surface area contributed by atoms with E-state index in [4.69, 9.17) is 4.74 Å². The van der Waals surface area contributed by atoms with Crippen LogP contribution >= 0.6 is 0 Å². The molecule has 0 saturated carbocycles. The van der Waals surface area contributed by atoms with Gasteiger partial charge in [0.25, 0.3) is 5.91 Å². The maximum absolute atomic E-state index is 11.9. The van der Waals surface area contributed by atoms with Gasteiger partial charge in [-0.2, -0.15) is 0 Å². The third-order valence-corrected chi connectivity index (χ3v) is 2.60. The molecule has 1 aromatic carbocycles. The molecule has 0 bridgehead atoms. The minimum absolute atomic E-state index is 0.139. The van der Waals surface area contributed by atoms with E-state index in [1.165, 1.54) is 0 Å². The van der Waals surface area contributed by atoms with Crippen LogP contribution in [-0.4, -0.2) is 13.0 Å². The Bertz CT molecular complexity index is 510. The lowest BCUT2D eigenvalue weighted by Crippen LogP contribution is -2.12. The molecule has 0 heterocycles. The van der Waals surface area contributed by atoms with Crippen LogP contribution in [0.1, 0.15) is 12.5 Å². The Morgan fingerprint density at radius 2 is 1.89 bits per heavy atom. The van der Waals surface area contributed by atoms with Crippen LogP contribution in [0.15, 0.2) is 60.4 Å². The number of hydrogen-bond acceptors (Lipinski definition) is 2. The van der Waals surface area contributed by atoms with E-state index >= 15 is 0 Å². The predicted molar refractivity (Wildman–Crippen MR) is 78.9 cm³/mol. The number of amides is 1. The number of benzene rings is 1. The Labute approximate surface area is 114 Å². The first-order valence-corrected chi connectivity index (χ1v) is 6.00. The van der Waals surface area contributed by atoms with Gasteiger partial charge in [0.05, 0.1) is 7.11 Å². The summed E-state index contributed by atoms with van der Waals surface area (Å²) in [5.74, 6) is 0.474. The lowest BCUT2D eigenvalue weighted by Gasteiger charge is -2.05. The fourth-order valence-electron chi connectivity index (χ4n) is 1.37. The number of hydrogen-bond donors (Lipinski definition) is 1. The van der Waals surface area contributed by atoms with Gasteiger partial charge in [0, 0.05) is 11.3 Å². The SMILES string of the molecule is C=C/C(=C\C=C(/C)C(=O)Nc1ccc(C)cc1)OC. The van der Waals surface area contributed by atoms with Gasteiger partial charge in [0.2, 0.25) is 0 Å². The highest BCUT2D eigenvalue weighted by atomic mass is 16.5. The summed E-state index contributed by atoms with van der Waals surface area (Å²) in [7, 11) is 1.56. The molecule has 3 nitrogen and oxygen atoms in total. The molecule has 0 saturated heterocycles. The van der Waals surface area contributed by atoms with E-state index < -0.39 is 0 Å². The van der Waals surface area contributed by atoms with Crippen molar-refractivity contribution in [1.82, 2.24) is 0 Å². The lowest BCUT2D eigenvalue weighted by atomic mass is 10.2. The van der Waals surface area contributed by atoms with Crippen molar-refractivity contribution >= 4 is 11.6 Å². The monoisotopic (exact) mass is 257 g/mol. The molecular weight excluding hydrogens is 238 g/mol. The summed E-state index contributed by atoms with van der Waals surface area (Å²) in [5.41, 5.74) is 2.53. The zero-order chi connectivity index (χ0) is 14.3. The molecule has 0 spiro atoms. The number of methoxy groups -OCH3 is 1. The molecule has 0 aliphatic carbocycles. The average Bonchev–Trinajstić information content (AvgIpc) is 2.42. The number of anilines is 1. The maximum Gasteiger partial charge on any atom is 0.251 e. The molecule has 0 radical (unpaired) electrons. The molecule has 0 aliphatic heterocycles. The highest BCUT2D eigenvalue weighted by molar-refractivity contribution is 6.03. The van der Waals surface area contributed by atoms with Crippen LogP contribution < -0.4 is 5.32 Å². The van der Waals surface area contributed by atoms with Crippen LogP contribution in [0, 0.1) is 6.92 Å². The van der Waals surface area contributed by atoms with Crippen LogP contribution in [0.5, 0.6) is 0 Å². The van der Waals surface area contributed by atoms with Crippen molar-refractivity contribution in [3.05, 3.63) is 66.0 Å². The Hall–Kier alpha value is -2.29. The highest BCUT2D eigenvalue weighted by Gasteiger charge is 2.03. The van der Waals surface area contributed by atoms with Crippen molar-refractivity contribution in [2.75, 3.05) is 12.4 Å². The summed E-state index contributed by atoms with van der Waals surface area (Å²) in [6.07, 6.45) is 4.99. The smallest absolute Gasteiger partial charge is 0.251 e. The number of carbonyl (C=O) groups excluding carboxylic acids is 1. The Balaban J connectivity index is 2.72. The van der Waals surface area contributed by atoms with Gasteiger partial charge in [-0.15, -0.1) is 0 Å². The van der Waals surface area contributed by atoms with E-state index in [-0.39, 0.29) is 5.91 Å². The van der Waals surface area contributed by atoms with Gasteiger partial charge in [0.15, 0.2) is 0 Å². The van der Waals surface area contributed by atoms with Gasteiger partial charge >= 0.3 is 0 Å². The number of aryl methyl sites for hydroxylation is 1. The molecule has 1 N–H and O–H groups in total. The number of nitrogens with one attached hydrogen (secondary N) is 1. The van der Waals surface area contributed by atoms with Crippen molar-refractivity contribution in [2.45, 2.75) is 13.8 Å². The first kappa shape index (κ1) is 14.8. The third-order valence-electron chi connectivity index (χ3n) is 2.60. The number of rotatable bonds is 5. The van der Waals surface area contributed by atoms with Crippen molar-refractivity contribution in [3.8, 4) is 0 Å². The Kier molecular flexibility index (Phi) is 5.61. The van der Waals surface area contributed by atoms with Crippen molar-refractivity contribution in [1.29, 1.82) is 0 Å². The minimum Gasteiger partial charge on any atom is -0.497 e. The van der Waals surface area contributed by atoms with Gasteiger partial charge in [-0.25, -0.2) is 0 Å². The quantitative estimate of drug-likeness (QED) is 0.497. The number of carbonyl (C=O) groups is 1. The molecule has 1 rings (SSSR count). The molecule has 3 heteroatoms. The fourth-order valence-corrected chi connectivity index (χ4v) is 1.37. The van der Waals surface area contributed by atoms with E-state index in [9.17, 15) is 4.79 Å².